The summed E-state index contributed by atoms with van der Waals surface area (Å²) >= 11 is 0. The summed E-state index contributed by atoms with van der Waals surface area (Å²) in [6.45, 7) is 2.32. The minimum Gasteiger partial charge on any atom is -0.506 e. The Morgan fingerprint density at radius 2 is 1.77 bits per heavy atom. The molecule has 2 aromatic carbocycles. The molecular weight excluding hydrogens is 328 g/mol. The van der Waals surface area contributed by atoms with Crippen LogP contribution in [0.1, 0.15) is 22.8 Å². The van der Waals surface area contributed by atoms with Crippen molar-refractivity contribution in [1.82, 2.24) is 9.88 Å². The van der Waals surface area contributed by atoms with Gasteiger partial charge in [0.2, 0.25) is 0 Å². The Labute approximate surface area is 151 Å². The van der Waals surface area contributed by atoms with Gasteiger partial charge in [0.15, 0.2) is 5.78 Å². The van der Waals surface area contributed by atoms with Gasteiger partial charge in [0.25, 0.3) is 5.56 Å². The second kappa shape index (κ2) is 7.27. The van der Waals surface area contributed by atoms with Gasteiger partial charge >= 0.3 is 0 Å². The summed E-state index contributed by atoms with van der Waals surface area (Å²) in [7, 11) is 1.59. The summed E-state index contributed by atoms with van der Waals surface area (Å²) < 4.78 is 1.38. The molecule has 1 aromatic heterocycles. The number of nitrogens with one attached hydrogen (secondary N) is 1. The van der Waals surface area contributed by atoms with Gasteiger partial charge in [0.05, 0.1) is 5.52 Å². The quantitative estimate of drug-likeness (QED) is 0.549. The number of aromatic hydroxyl groups is 1. The fraction of sp³-hybridized carbons (Fsp3) is 0.143. The van der Waals surface area contributed by atoms with E-state index in [2.05, 4.69) is 5.32 Å². The van der Waals surface area contributed by atoms with Crippen molar-refractivity contribution < 1.29 is 9.90 Å². The van der Waals surface area contributed by atoms with E-state index in [0.717, 1.165) is 5.56 Å². The molecule has 0 fully saturated rings. The molecule has 0 atom stereocenters. The molecular formula is C21H20N2O3. The van der Waals surface area contributed by atoms with Gasteiger partial charge in [0, 0.05) is 30.8 Å². The molecule has 0 amide bonds. The van der Waals surface area contributed by atoms with Gasteiger partial charge in [-0.1, -0.05) is 42.5 Å². The Balaban J connectivity index is 1.91. The van der Waals surface area contributed by atoms with Crippen LogP contribution in [0, 0.1) is 0 Å². The first-order chi connectivity index (χ1) is 12.5. The van der Waals surface area contributed by atoms with Gasteiger partial charge in [-0.15, -0.1) is 0 Å². The van der Waals surface area contributed by atoms with Gasteiger partial charge in [-0.25, -0.2) is 0 Å². The van der Waals surface area contributed by atoms with Crippen LogP contribution in [0.2, 0.25) is 0 Å². The molecule has 132 valence electrons. The molecule has 3 rings (SSSR count). The van der Waals surface area contributed by atoms with Crippen LogP contribution in [0.5, 0.6) is 5.75 Å². The zero-order valence-corrected chi connectivity index (χ0v) is 14.7. The van der Waals surface area contributed by atoms with Crippen LogP contribution in [0.3, 0.4) is 0 Å². The van der Waals surface area contributed by atoms with E-state index in [9.17, 15) is 14.7 Å². The number of hydrogen-bond acceptors (Lipinski definition) is 4. The SMILES string of the molecule is CC(=CC(=O)c1c(O)c2ccccc2n(C)c1=O)NCc1ccccc1. The standard InChI is InChI=1S/C21H20N2O3/c1-14(22-13-15-8-4-3-5-9-15)12-18(24)19-20(25)16-10-6-7-11-17(16)23(2)21(19)26/h3-12,22,25H,13H2,1-2H3. The normalized spacial score (nSPS) is 11.5. The topological polar surface area (TPSA) is 71.3 Å². The van der Waals surface area contributed by atoms with Gasteiger partial charge in [-0.3, -0.25) is 9.59 Å². The number of rotatable bonds is 5. The summed E-state index contributed by atoms with van der Waals surface area (Å²) in [6, 6.07) is 16.7. The first-order valence-corrected chi connectivity index (χ1v) is 8.30. The molecule has 0 unspecified atom stereocenters. The predicted octanol–water partition coefficient (Wildman–Crippen LogP) is 3.12. The predicted molar refractivity (Wildman–Crippen MR) is 102 cm³/mol. The number of allylic oxidation sites excluding steroid dienone is 2. The molecule has 0 spiro atoms. The number of aryl methyl sites for hydroxylation is 1. The van der Waals surface area contributed by atoms with Crippen molar-refractivity contribution in [3.8, 4) is 5.75 Å². The number of benzene rings is 2. The Kier molecular flexibility index (Phi) is 4.89. The van der Waals surface area contributed by atoms with Crippen LogP contribution in [-0.2, 0) is 13.6 Å². The molecule has 0 bridgehead atoms. The average molecular weight is 348 g/mol. The molecule has 0 saturated carbocycles. The zero-order valence-electron chi connectivity index (χ0n) is 14.7. The summed E-state index contributed by atoms with van der Waals surface area (Å²) in [5.41, 5.74) is 1.55. The van der Waals surface area contributed by atoms with Gasteiger partial charge in [-0.2, -0.15) is 0 Å². The van der Waals surface area contributed by atoms with Crippen LogP contribution < -0.4 is 10.9 Å². The lowest BCUT2D eigenvalue weighted by Crippen LogP contribution is -2.24. The van der Waals surface area contributed by atoms with E-state index in [-0.39, 0.29) is 11.3 Å². The second-order valence-electron chi connectivity index (χ2n) is 6.14. The molecule has 0 aliphatic carbocycles. The van der Waals surface area contributed by atoms with Crippen molar-refractivity contribution in [3.63, 3.8) is 0 Å². The van der Waals surface area contributed by atoms with E-state index in [1.54, 1.807) is 38.2 Å². The molecule has 1 heterocycles. The number of aromatic nitrogens is 1. The largest absolute Gasteiger partial charge is 0.506 e. The van der Waals surface area contributed by atoms with E-state index in [4.69, 9.17) is 0 Å². The number of para-hydroxylation sites is 1. The maximum absolute atomic E-state index is 12.6. The number of nitrogens with zero attached hydrogens (tertiary/aromatic N) is 1. The fourth-order valence-corrected chi connectivity index (χ4v) is 2.86. The number of hydrogen-bond donors (Lipinski definition) is 2. The average Bonchev–Trinajstić information content (AvgIpc) is 2.65. The van der Waals surface area contributed by atoms with Crippen molar-refractivity contribution in [2.75, 3.05) is 0 Å². The van der Waals surface area contributed by atoms with Crippen molar-refractivity contribution in [1.29, 1.82) is 0 Å². The summed E-state index contributed by atoms with van der Waals surface area (Å²) in [4.78, 5) is 25.2. The Morgan fingerprint density at radius 1 is 1.12 bits per heavy atom. The van der Waals surface area contributed by atoms with E-state index < -0.39 is 11.3 Å². The van der Waals surface area contributed by atoms with Crippen LogP contribution >= 0.6 is 0 Å². The first-order valence-electron chi connectivity index (χ1n) is 8.30. The van der Waals surface area contributed by atoms with Gasteiger partial charge in [-0.05, 0) is 24.6 Å². The third-order valence-corrected chi connectivity index (χ3v) is 4.28. The lowest BCUT2D eigenvalue weighted by molar-refractivity contribution is 0.104. The minimum atomic E-state index is -0.521. The molecule has 0 aliphatic rings. The molecule has 0 aliphatic heterocycles. The number of carbonyl (C=O) groups is 1. The highest BCUT2D eigenvalue weighted by Gasteiger charge is 2.19. The van der Waals surface area contributed by atoms with Crippen LogP contribution in [0.4, 0.5) is 0 Å². The first kappa shape index (κ1) is 17.5. The number of fused-ring (bicyclic) bond motifs is 1. The fourth-order valence-electron chi connectivity index (χ4n) is 2.86. The van der Waals surface area contributed by atoms with Crippen LogP contribution in [0.25, 0.3) is 10.9 Å². The Bertz CT molecular complexity index is 1050. The van der Waals surface area contributed by atoms with Crippen molar-refractivity contribution in [3.05, 3.63) is 87.9 Å². The van der Waals surface area contributed by atoms with Gasteiger partial charge in [0.1, 0.15) is 11.3 Å². The Morgan fingerprint density at radius 3 is 2.50 bits per heavy atom. The number of ketones is 1. The Hall–Kier alpha value is -3.34. The van der Waals surface area contributed by atoms with E-state index >= 15 is 0 Å². The second-order valence-corrected chi connectivity index (χ2v) is 6.14. The van der Waals surface area contributed by atoms with Crippen LogP contribution in [-0.4, -0.2) is 15.5 Å². The maximum Gasteiger partial charge on any atom is 0.265 e. The highest BCUT2D eigenvalue weighted by atomic mass is 16.3. The van der Waals surface area contributed by atoms with E-state index in [0.29, 0.717) is 23.1 Å². The zero-order chi connectivity index (χ0) is 18.7. The molecule has 5 heteroatoms. The molecule has 26 heavy (non-hydrogen) atoms. The van der Waals surface area contributed by atoms with E-state index in [1.165, 1.54) is 10.6 Å². The smallest absolute Gasteiger partial charge is 0.265 e. The van der Waals surface area contributed by atoms with Crippen molar-refractivity contribution in [2.24, 2.45) is 7.05 Å². The summed E-state index contributed by atoms with van der Waals surface area (Å²) in [5, 5.41) is 14.1. The molecule has 0 saturated heterocycles. The lowest BCUT2D eigenvalue weighted by Gasteiger charge is -2.11. The van der Waals surface area contributed by atoms with Crippen LogP contribution in [0.15, 0.2) is 71.2 Å². The molecule has 3 aromatic rings. The van der Waals surface area contributed by atoms with Crippen molar-refractivity contribution >= 4 is 16.7 Å². The molecule has 5 nitrogen and oxygen atoms in total. The van der Waals surface area contributed by atoms with E-state index in [1.807, 2.05) is 30.3 Å². The van der Waals surface area contributed by atoms with Gasteiger partial charge < -0.3 is 15.0 Å². The lowest BCUT2D eigenvalue weighted by atomic mass is 10.1. The number of pyridine rings is 1. The molecule has 0 radical (unpaired) electrons. The highest BCUT2D eigenvalue weighted by molar-refractivity contribution is 6.09. The maximum atomic E-state index is 12.6. The highest BCUT2D eigenvalue weighted by Crippen LogP contribution is 2.26. The summed E-state index contributed by atoms with van der Waals surface area (Å²) in [6.07, 6.45) is 1.34. The third kappa shape index (κ3) is 3.37. The number of carbonyl (C=O) groups excluding carboxylic acids is 1. The summed E-state index contributed by atoms with van der Waals surface area (Å²) in [5.74, 6) is -0.798. The molecule has 2 N–H and O–H groups in total. The van der Waals surface area contributed by atoms with Crippen molar-refractivity contribution in [2.45, 2.75) is 13.5 Å². The minimum absolute atomic E-state index is 0.216. The third-order valence-electron chi connectivity index (χ3n) is 4.28. The monoisotopic (exact) mass is 348 g/mol.